The van der Waals surface area contributed by atoms with Crippen LogP contribution in [0.4, 0.5) is 5.69 Å². The number of piperidine rings is 1. The molecule has 4 rings (SSSR count). The van der Waals surface area contributed by atoms with Crippen LogP contribution in [0.15, 0.2) is 54.7 Å². The largest absolute Gasteiger partial charge is 0.360 e. The zero-order chi connectivity index (χ0) is 18.7. The van der Waals surface area contributed by atoms with E-state index in [-0.39, 0.29) is 17.6 Å². The van der Waals surface area contributed by atoms with Crippen LogP contribution < -0.4 is 4.90 Å². The first-order valence-electron chi connectivity index (χ1n) is 9.82. The summed E-state index contributed by atoms with van der Waals surface area (Å²) in [6.45, 7) is 5.54. The fraction of sp³-hybridized carbons (Fsp3) is 0.455. The van der Waals surface area contributed by atoms with Crippen molar-refractivity contribution < 1.29 is 9.53 Å². The van der Waals surface area contributed by atoms with Gasteiger partial charge < -0.3 is 14.5 Å². The van der Waals surface area contributed by atoms with E-state index in [0.29, 0.717) is 6.54 Å². The Morgan fingerprint density at radius 1 is 1.11 bits per heavy atom. The molecule has 0 radical (unpaired) electrons. The third-order valence-electron chi connectivity index (χ3n) is 5.73. The molecule has 0 N–H and O–H groups in total. The van der Waals surface area contributed by atoms with Gasteiger partial charge >= 0.3 is 0 Å². The van der Waals surface area contributed by atoms with Crippen molar-refractivity contribution in [3.8, 4) is 0 Å². The average Bonchev–Trinajstić information content (AvgIpc) is 2.72. The van der Waals surface area contributed by atoms with Crippen molar-refractivity contribution in [1.29, 1.82) is 0 Å². The second kappa shape index (κ2) is 7.79. The van der Waals surface area contributed by atoms with Gasteiger partial charge in [0.25, 0.3) is 5.91 Å². The van der Waals surface area contributed by atoms with E-state index < -0.39 is 0 Å². The lowest BCUT2D eigenvalue weighted by Crippen LogP contribution is -2.61. The Morgan fingerprint density at radius 2 is 1.85 bits per heavy atom. The summed E-state index contributed by atoms with van der Waals surface area (Å²) in [7, 11) is 0. The number of para-hydroxylation sites is 1. The van der Waals surface area contributed by atoms with Crippen LogP contribution in [0.3, 0.4) is 0 Å². The van der Waals surface area contributed by atoms with Crippen LogP contribution >= 0.6 is 0 Å². The summed E-state index contributed by atoms with van der Waals surface area (Å²) in [5, 5.41) is 0. The zero-order valence-corrected chi connectivity index (χ0v) is 15.9. The molecule has 3 heterocycles. The van der Waals surface area contributed by atoms with Crippen LogP contribution in [0.5, 0.6) is 0 Å². The second-order valence-electron chi connectivity index (χ2n) is 7.62. The van der Waals surface area contributed by atoms with Gasteiger partial charge in [-0.15, -0.1) is 0 Å². The molecule has 1 unspecified atom stereocenters. The van der Waals surface area contributed by atoms with Crippen LogP contribution in [0.1, 0.15) is 25.5 Å². The number of rotatable bonds is 4. The molecular formula is C22H27N3O2. The van der Waals surface area contributed by atoms with E-state index in [9.17, 15) is 4.79 Å². The number of carbonyl (C=O) groups excluding carboxylic acids is 1. The summed E-state index contributed by atoms with van der Waals surface area (Å²) < 4.78 is 6.26. The van der Waals surface area contributed by atoms with Gasteiger partial charge in [0.05, 0.1) is 12.1 Å². The molecule has 0 aliphatic carbocycles. The molecular weight excluding hydrogens is 338 g/mol. The standard InChI is InChI=1S/C22H27N3O2/c1-18-21(26)25(20-8-3-2-4-9-20)17-22(27-18)11-15-24(16-12-22)14-10-19-7-5-6-13-23-19/h2-9,13,18H,10-12,14-17H2,1H3. The van der Waals surface area contributed by atoms with Gasteiger partial charge in [-0.25, -0.2) is 0 Å². The maximum Gasteiger partial charge on any atom is 0.255 e. The number of pyridine rings is 1. The zero-order valence-electron chi connectivity index (χ0n) is 15.9. The van der Waals surface area contributed by atoms with Crippen molar-refractivity contribution in [3.05, 3.63) is 60.4 Å². The molecule has 5 nitrogen and oxygen atoms in total. The molecule has 2 aliphatic heterocycles. The topological polar surface area (TPSA) is 45.7 Å². The summed E-state index contributed by atoms with van der Waals surface area (Å²) in [6, 6.07) is 16.0. The van der Waals surface area contributed by atoms with Gasteiger partial charge in [-0.1, -0.05) is 24.3 Å². The van der Waals surface area contributed by atoms with Gasteiger partial charge in [0.15, 0.2) is 0 Å². The Bertz CT molecular complexity index is 758. The number of likely N-dealkylation sites (tertiary alicyclic amines) is 1. The van der Waals surface area contributed by atoms with E-state index in [1.165, 1.54) is 0 Å². The first-order valence-corrected chi connectivity index (χ1v) is 9.82. The first-order chi connectivity index (χ1) is 13.2. The number of carbonyl (C=O) groups is 1. The number of morpholine rings is 1. The number of benzene rings is 1. The van der Waals surface area contributed by atoms with Crippen molar-refractivity contribution in [2.75, 3.05) is 31.1 Å². The van der Waals surface area contributed by atoms with E-state index in [2.05, 4.69) is 16.0 Å². The van der Waals surface area contributed by atoms with Gasteiger partial charge in [0, 0.05) is 43.6 Å². The van der Waals surface area contributed by atoms with E-state index >= 15 is 0 Å². The lowest BCUT2D eigenvalue weighted by Gasteiger charge is -2.49. The van der Waals surface area contributed by atoms with Crippen LogP contribution in [0.2, 0.25) is 0 Å². The molecule has 2 aromatic rings. The van der Waals surface area contributed by atoms with Crippen LogP contribution in [-0.2, 0) is 16.0 Å². The van der Waals surface area contributed by atoms with Crippen molar-refractivity contribution in [1.82, 2.24) is 9.88 Å². The van der Waals surface area contributed by atoms with Gasteiger partial charge in [-0.3, -0.25) is 9.78 Å². The number of aromatic nitrogens is 1. The minimum Gasteiger partial charge on any atom is -0.360 e. The van der Waals surface area contributed by atoms with E-state index in [1.54, 1.807) is 0 Å². The maximum absolute atomic E-state index is 12.7. The summed E-state index contributed by atoms with van der Waals surface area (Å²) in [5.41, 5.74) is 1.88. The van der Waals surface area contributed by atoms with Gasteiger partial charge in [-0.2, -0.15) is 0 Å². The molecule has 1 amide bonds. The normalized spacial score (nSPS) is 22.9. The number of nitrogens with zero attached hydrogens (tertiary/aromatic N) is 3. The minimum atomic E-state index is -0.390. The second-order valence-corrected chi connectivity index (χ2v) is 7.62. The summed E-state index contributed by atoms with van der Waals surface area (Å²) in [5.74, 6) is 0.0596. The van der Waals surface area contributed by atoms with E-state index in [1.807, 2.05) is 60.5 Å². The summed E-state index contributed by atoms with van der Waals surface area (Å²) >= 11 is 0. The number of hydrogen-bond donors (Lipinski definition) is 0. The van der Waals surface area contributed by atoms with Crippen molar-refractivity contribution in [2.45, 2.75) is 37.9 Å². The van der Waals surface area contributed by atoms with Crippen LogP contribution in [0.25, 0.3) is 0 Å². The fourth-order valence-corrected chi connectivity index (χ4v) is 4.15. The summed E-state index contributed by atoms with van der Waals surface area (Å²) in [4.78, 5) is 21.5. The average molecular weight is 365 g/mol. The monoisotopic (exact) mass is 365 g/mol. The van der Waals surface area contributed by atoms with Crippen LogP contribution in [-0.4, -0.2) is 53.7 Å². The Balaban J connectivity index is 1.38. The maximum atomic E-state index is 12.7. The molecule has 2 saturated heterocycles. The fourth-order valence-electron chi connectivity index (χ4n) is 4.15. The molecule has 2 fully saturated rings. The smallest absolute Gasteiger partial charge is 0.255 e. The lowest BCUT2D eigenvalue weighted by atomic mass is 9.88. The quantitative estimate of drug-likeness (QED) is 0.836. The Kier molecular flexibility index (Phi) is 5.23. The molecule has 5 heteroatoms. The first kappa shape index (κ1) is 18.1. The predicted molar refractivity (Wildman–Crippen MR) is 106 cm³/mol. The Labute approximate surface area is 161 Å². The Morgan fingerprint density at radius 3 is 2.56 bits per heavy atom. The molecule has 1 aromatic heterocycles. The van der Waals surface area contributed by atoms with Crippen molar-refractivity contribution in [3.63, 3.8) is 0 Å². The highest BCUT2D eigenvalue weighted by Crippen LogP contribution is 2.34. The van der Waals surface area contributed by atoms with Crippen molar-refractivity contribution in [2.24, 2.45) is 0 Å². The highest BCUT2D eigenvalue weighted by Gasteiger charge is 2.45. The lowest BCUT2D eigenvalue weighted by molar-refractivity contribution is -0.161. The predicted octanol–water partition coefficient (Wildman–Crippen LogP) is 2.91. The highest BCUT2D eigenvalue weighted by molar-refractivity contribution is 5.97. The van der Waals surface area contributed by atoms with Crippen LogP contribution in [0, 0.1) is 0 Å². The molecule has 27 heavy (non-hydrogen) atoms. The Hall–Kier alpha value is -2.24. The molecule has 1 spiro atoms. The SMILES string of the molecule is CC1OC2(CCN(CCc3ccccn3)CC2)CN(c2ccccc2)C1=O. The number of amides is 1. The number of hydrogen-bond acceptors (Lipinski definition) is 4. The third kappa shape index (κ3) is 4.04. The molecule has 1 atom stereocenters. The molecule has 0 saturated carbocycles. The van der Waals surface area contributed by atoms with Gasteiger partial charge in [-0.05, 0) is 44.0 Å². The molecule has 2 aliphatic rings. The minimum absolute atomic E-state index is 0.0596. The van der Waals surface area contributed by atoms with Gasteiger partial charge in [0.2, 0.25) is 0 Å². The number of anilines is 1. The van der Waals surface area contributed by atoms with Crippen molar-refractivity contribution >= 4 is 11.6 Å². The molecule has 0 bridgehead atoms. The van der Waals surface area contributed by atoms with Gasteiger partial charge in [0.1, 0.15) is 6.10 Å². The third-order valence-corrected chi connectivity index (χ3v) is 5.73. The van der Waals surface area contributed by atoms with E-state index in [0.717, 1.165) is 50.3 Å². The van der Waals surface area contributed by atoms with E-state index in [4.69, 9.17) is 4.74 Å². The summed E-state index contributed by atoms with van der Waals surface area (Å²) in [6.07, 6.45) is 4.35. The number of ether oxygens (including phenoxy) is 1. The highest BCUT2D eigenvalue weighted by atomic mass is 16.5. The molecule has 1 aromatic carbocycles. The molecule has 142 valence electrons.